The molecule has 0 aliphatic rings. The van der Waals surface area contributed by atoms with Crippen LogP contribution in [-0.4, -0.2) is 11.1 Å². The Morgan fingerprint density at radius 1 is 1.47 bits per heavy atom. The van der Waals surface area contributed by atoms with E-state index in [4.69, 9.17) is 4.74 Å². The van der Waals surface area contributed by atoms with Crippen molar-refractivity contribution in [3.63, 3.8) is 0 Å². The van der Waals surface area contributed by atoms with Gasteiger partial charge in [-0.2, -0.15) is 0 Å². The van der Waals surface area contributed by atoms with E-state index in [1.165, 1.54) is 6.92 Å². The zero-order chi connectivity index (χ0) is 11.4. The standard InChI is InChI=1S/C12H16O3/c1-8(2)6-10-4-5-12(11(14)7-10)15-9(3)13/h4-5,7-8,14H,6H2,1-3H3. The molecule has 0 radical (unpaired) electrons. The SMILES string of the molecule is CC(=O)Oc1ccc(CC(C)C)cc1O. The van der Waals surface area contributed by atoms with Gasteiger partial charge in [0.05, 0.1) is 0 Å². The largest absolute Gasteiger partial charge is 0.504 e. The third-order valence-electron chi connectivity index (χ3n) is 1.92. The lowest BCUT2D eigenvalue weighted by molar-refractivity contribution is -0.132. The van der Waals surface area contributed by atoms with Crippen molar-refractivity contribution in [2.45, 2.75) is 27.2 Å². The molecule has 3 nitrogen and oxygen atoms in total. The van der Waals surface area contributed by atoms with Crippen LogP contribution in [0.15, 0.2) is 18.2 Å². The highest BCUT2D eigenvalue weighted by molar-refractivity contribution is 5.70. The Labute approximate surface area is 89.7 Å². The second-order valence-corrected chi connectivity index (χ2v) is 3.99. The number of hydrogen-bond donors (Lipinski definition) is 1. The highest BCUT2D eigenvalue weighted by atomic mass is 16.5. The quantitative estimate of drug-likeness (QED) is 0.613. The molecule has 0 saturated heterocycles. The molecule has 1 N–H and O–H groups in total. The van der Waals surface area contributed by atoms with Gasteiger partial charge in [0.1, 0.15) is 0 Å². The molecule has 0 amide bonds. The first kappa shape index (κ1) is 11.6. The zero-order valence-corrected chi connectivity index (χ0v) is 9.28. The molecule has 0 aliphatic carbocycles. The van der Waals surface area contributed by atoms with Crippen molar-refractivity contribution < 1.29 is 14.6 Å². The molecule has 0 atom stereocenters. The molecule has 1 aromatic rings. The number of carbonyl (C=O) groups excluding carboxylic acids is 1. The Bertz CT molecular complexity index is 356. The van der Waals surface area contributed by atoms with Crippen molar-refractivity contribution in [3.05, 3.63) is 23.8 Å². The van der Waals surface area contributed by atoms with Crippen LogP contribution in [0.1, 0.15) is 26.3 Å². The van der Waals surface area contributed by atoms with E-state index in [1.807, 2.05) is 6.07 Å². The number of esters is 1. The predicted molar refractivity (Wildman–Crippen MR) is 58.0 cm³/mol. The molecule has 0 unspecified atom stereocenters. The van der Waals surface area contributed by atoms with Crippen LogP contribution < -0.4 is 4.74 Å². The van der Waals surface area contributed by atoms with Gasteiger partial charge in [0.15, 0.2) is 11.5 Å². The van der Waals surface area contributed by atoms with Gasteiger partial charge in [0.25, 0.3) is 0 Å². The van der Waals surface area contributed by atoms with Gasteiger partial charge in [-0.25, -0.2) is 0 Å². The molecular weight excluding hydrogens is 192 g/mol. The van der Waals surface area contributed by atoms with E-state index in [-0.39, 0.29) is 11.5 Å². The van der Waals surface area contributed by atoms with E-state index >= 15 is 0 Å². The lowest BCUT2D eigenvalue weighted by Gasteiger charge is -2.08. The minimum absolute atomic E-state index is 0.0170. The van der Waals surface area contributed by atoms with Crippen molar-refractivity contribution in [2.75, 3.05) is 0 Å². The summed E-state index contributed by atoms with van der Waals surface area (Å²) in [4.78, 5) is 10.7. The number of phenolic OH excluding ortho intramolecular Hbond substituents is 1. The molecule has 1 rings (SSSR count). The molecule has 0 bridgehead atoms. The number of hydrogen-bond acceptors (Lipinski definition) is 3. The molecule has 3 heteroatoms. The summed E-state index contributed by atoms with van der Waals surface area (Å²) in [5.74, 6) is 0.337. The van der Waals surface area contributed by atoms with Crippen molar-refractivity contribution >= 4 is 5.97 Å². The maximum absolute atomic E-state index is 10.7. The fraction of sp³-hybridized carbons (Fsp3) is 0.417. The van der Waals surface area contributed by atoms with Crippen molar-refractivity contribution in [2.24, 2.45) is 5.92 Å². The van der Waals surface area contributed by atoms with Gasteiger partial charge in [-0.15, -0.1) is 0 Å². The molecule has 15 heavy (non-hydrogen) atoms. The minimum Gasteiger partial charge on any atom is -0.504 e. The molecule has 0 heterocycles. The average molecular weight is 208 g/mol. The first-order valence-electron chi connectivity index (χ1n) is 4.99. The zero-order valence-electron chi connectivity index (χ0n) is 9.28. The summed E-state index contributed by atoms with van der Waals surface area (Å²) in [5, 5.41) is 9.58. The van der Waals surface area contributed by atoms with E-state index < -0.39 is 5.97 Å². The summed E-state index contributed by atoms with van der Waals surface area (Å²) >= 11 is 0. The Kier molecular flexibility index (Phi) is 3.72. The molecule has 0 saturated carbocycles. The molecule has 82 valence electrons. The summed E-state index contributed by atoms with van der Waals surface area (Å²) in [6, 6.07) is 5.12. The normalized spacial score (nSPS) is 10.4. The van der Waals surface area contributed by atoms with E-state index in [1.54, 1.807) is 12.1 Å². The van der Waals surface area contributed by atoms with Gasteiger partial charge < -0.3 is 9.84 Å². The predicted octanol–water partition coefficient (Wildman–Crippen LogP) is 2.52. The highest BCUT2D eigenvalue weighted by Gasteiger charge is 2.06. The highest BCUT2D eigenvalue weighted by Crippen LogP contribution is 2.27. The third kappa shape index (κ3) is 3.62. The molecule has 0 aliphatic heterocycles. The molecular formula is C12H16O3. The van der Waals surface area contributed by atoms with Crippen LogP contribution >= 0.6 is 0 Å². The number of phenols is 1. The van der Waals surface area contributed by atoms with Crippen molar-refractivity contribution in [3.8, 4) is 11.5 Å². The number of carbonyl (C=O) groups is 1. The summed E-state index contributed by atoms with van der Waals surface area (Å²) in [7, 11) is 0. The summed E-state index contributed by atoms with van der Waals surface area (Å²) in [6.07, 6.45) is 0.897. The fourth-order valence-electron chi connectivity index (χ4n) is 1.40. The van der Waals surface area contributed by atoms with Crippen LogP contribution in [0.4, 0.5) is 0 Å². The Hall–Kier alpha value is -1.51. The van der Waals surface area contributed by atoms with Gasteiger partial charge in [-0.3, -0.25) is 4.79 Å². The lowest BCUT2D eigenvalue weighted by Crippen LogP contribution is -2.02. The van der Waals surface area contributed by atoms with Crippen LogP contribution in [-0.2, 0) is 11.2 Å². The second-order valence-electron chi connectivity index (χ2n) is 3.99. The maximum atomic E-state index is 10.7. The smallest absolute Gasteiger partial charge is 0.308 e. The van der Waals surface area contributed by atoms with E-state index in [2.05, 4.69) is 13.8 Å². The molecule has 0 spiro atoms. The molecule has 1 aromatic carbocycles. The van der Waals surface area contributed by atoms with E-state index in [9.17, 15) is 9.90 Å². The van der Waals surface area contributed by atoms with Gasteiger partial charge in [-0.1, -0.05) is 19.9 Å². The van der Waals surface area contributed by atoms with E-state index in [0.717, 1.165) is 12.0 Å². The fourth-order valence-corrected chi connectivity index (χ4v) is 1.40. The second kappa shape index (κ2) is 4.82. The maximum Gasteiger partial charge on any atom is 0.308 e. The first-order valence-corrected chi connectivity index (χ1v) is 4.99. The minimum atomic E-state index is -0.429. The average Bonchev–Trinajstić information content (AvgIpc) is 2.08. The first-order chi connectivity index (χ1) is 6.99. The monoisotopic (exact) mass is 208 g/mol. The van der Waals surface area contributed by atoms with Gasteiger partial charge in [0.2, 0.25) is 0 Å². The van der Waals surface area contributed by atoms with E-state index in [0.29, 0.717) is 5.92 Å². The number of ether oxygens (including phenoxy) is 1. The number of benzene rings is 1. The van der Waals surface area contributed by atoms with Crippen LogP contribution in [0.3, 0.4) is 0 Å². The Morgan fingerprint density at radius 2 is 2.13 bits per heavy atom. The van der Waals surface area contributed by atoms with Gasteiger partial charge in [0, 0.05) is 6.92 Å². The Morgan fingerprint density at radius 3 is 2.60 bits per heavy atom. The molecule has 0 fully saturated rings. The van der Waals surface area contributed by atoms with Crippen molar-refractivity contribution in [1.29, 1.82) is 0 Å². The van der Waals surface area contributed by atoms with Crippen LogP contribution in [0.5, 0.6) is 11.5 Å². The van der Waals surface area contributed by atoms with Gasteiger partial charge >= 0.3 is 5.97 Å². The summed E-state index contributed by atoms with van der Waals surface area (Å²) < 4.78 is 4.82. The third-order valence-corrected chi connectivity index (χ3v) is 1.92. The number of rotatable bonds is 3. The van der Waals surface area contributed by atoms with Crippen LogP contribution in [0, 0.1) is 5.92 Å². The summed E-state index contributed by atoms with van der Waals surface area (Å²) in [5.41, 5.74) is 1.04. The van der Waals surface area contributed by atoms with Crippen LogP contribution in [0.25, 0.3) is 0 Å². The van der Waals surface area contributed by atoms with Crippen molar-refractivity contribution in [1.82, 2.24) is 0 Å². The summed E-state index contributed by atoms with van der Waals surface area (Å²) in [6.45, 7) is 5.52. The van der Waals surface area contributed by atoms with Crippen LogP contribution in [0.2, 0.25) is 0 Å². The Balaban J connectivity index is 2.83. The topological polar surface area (TPSA) is 46.5 Å². The van der Waals surface area contributed by atoms with Gasteiger partial charge in [-0.05, 0) is 30.0 Å². The molecule has 0 aromatic heterocycles. The number of aromatic hydroxyl groups is 1. The lowest BCUT2D eigenvalue weighted by atomic mass is 10.0.